The molecule has 1 aromatic rings. The number of nitrogens with two attached hydrogens (primary N) is 1. The summed E-state index contributed by atoms with van der Waals surface area (Å²) < 4.78 is 0. The highest BCUT2D eigenvalue weighted by atomic mass is 32.2. The van der Waals surface area contributed by atoms with Gasteiger partial charge in [-0.05, 0) is 54.8 Å². The summed E-state index contributed by atoms with van der Waals surface area (Å²) in [6.07, 6.45) is 2.35. The zero-order valence-corrected chi connectivity index (χ0v) is 8.89. The summed E-state index contributed by atoms with van der Waals surface area (Å²) in [4.78, 5) is 1.29. The van der Waals surface area contributed by atoms with E-state index in [1.165, 1.54) is 16.9 Å². The van der Waals surface area contributed by atoms with Gasteiger partial charge in [-0.2, -0.15) is 0 Å². The predicted octanol–water partition coefficient (Wildman–Crippen LogP) is 2.32. The van der Waals surface area contributed by atoms with Crippen molar-refractivity contribution in [1.29, 1.82) is 0 Å². The number of thioether (sulfide) groups is 1. The lowest BCUT2D eigenvalue weighted by molar-refractivity contribution is 0.472. The Morgan fingerprint density at radius 3 is 3.14 bits per heavy atom. The van der Waals surface area contributed by atoms with Crippen LogP contribution in [0.3, 0.4) is 0 Å². The summed E-state index contributed by atoms with van der Waals surface area (Å²) in [6, 6.07) is 5.62. The molecule has 0 fully saturated rings. The van der Waals surface area contributed by atoms with Gasteiger partial charge in [-0.25, -0.2) is 0 Å². The molecule has 0 saturated carbocycles. The Kier molecular flexibility index (Phi) is 2.99. The van der Waals surface area contributed by atoms with Crippen molar-refractivity contribution in [3.05, 3.63) is 23.8 Å². The molecule has 1 atom stereocenters. The van der Waals surface area contributed by atoms with E-state index in [-0.39, 0.29) is 0 Å². The van der Waals surface area contributed by atoms with Crippen LogP contribution in [0, 0.1) is 0 Å². The molecular formula is C11H15NOS. The van der Waals surface area contributed by atoms with E-state index in [0.29, 0.717) is 18.2 Å². The third-order valence-electron chi connectivity index (χ3n) is 2.67. The maximum absolute atomic E-state index is 9.44. The van der Waals surface area contributed by atoms with Crippen LogP contribution in [0.2, 0.25) is 0 Å². The van der Waals surface area contributed by atoms with Gasteiger partial charge in [0.1, 0.15) is 5.75 Å². The highest BCUT2D eigenvalue weighted by molar-refractivity contribution is 7.99. The predicted molar refractivity (Wildman–Crippen MR) is 59.9 cm³/mol. The van der Waals surface area contributed by atoms with E-state index < -0.39 is 0 Å². The molecule has 14 heavy (non-hydrogen) atoms. The van der Waals surface area contributed by atoms with Gasteiger partial charge in [-0.1, -0.05) is 0 Å². The number of phenolic OH excluding ortho intramolecular Hbond substituents is 1. The Balaban J connectivity index is 2.40. The minimum absolute atomic E-state index is 0.352. The molecule has 0 aromatic heterocycles. The minimum atomic E-state index is 0.352. The van der Waals surface area contributed by atoms with Gasteiger partial charge in [0.05, 0.1) is 0 Å². The molecule has 0 aliphatic carbocycles. The zero-order chi connectivity index (χ0) is 9.97. The van der Waals surface area contributed by atoms with Crippen molar-refractivity contribution in [2.45, 2.75) is 23.7 Å². The minimum Gasteiger partial charge on any atom is -0.508 e. The normalized spacial score (nSPS) is 21.4. The fraction of sp³-hybridized carbons (Fsp3) is 0.455. The summed E-state index contributed by atoms with van der Waals surface area (Å²) in [5.74, 6) is 1.94. The lowest BCUT2D eigenvalue weighted by Gasteiger charge is -2.14. The molecular weight excluding hydrogens is 194 g/mol. The van der Waals surface area contributed by atoms with Crippen molar-refractivity contribution in [2.75, 3.05) is 12.3 Å². The Hall–Kier alpha value is -0.670. The van der Waals surface area contributed by atoms with Crippen LogP contribution >= 0.6 is 11.8 Å². The van der Waals surface area contributed by atoms with Gasteiger partial charge in [-0.15, -0.1) is 11.8 Å². The van der Waals surface area contributed by atoms with Gasteiger partial charge in [-0.3, -0.25) is 0 Å². The summed E-state index contributed by atoms with van der Waals surface area (Å²) in [7, 11) is 0. The monoisotopic (exact) mass is 209 g/mol. The van der Waals surface area contributed by atoms with Crippen LogP contribution in [-0.2, 0) is 0 Å². The van der Waals surface area contributed by atoms with E-state index >= 15 is 0 Å². The second-order valence-corrected chi connectivity index (χ2v) is 4.78. The van der Waals surface area contributed by atoms with Gasteiger partial charge in [0.2, 0.25) is 0 Å². The first-order chi connectivity index (χ1) is 6.81. The van der Waals surface area contributed by atoms with Crippen LogP contribution in [0.5, 0.6) is 5.75 Å². The van der Waals surface area contributed by atoms with Crippen LogP contribution in [0.25, 0.3) is 0 Å². The van der Waals surface area contributed by atoms with Crippen LogP contribution in [-0.4, -0.2) is 17.4 Å². The topological polar surface area (TPSA) is 46.2 Å². The first kappa shape index (κ1) is 9.87. The van der Waals surface area contributed by atoms with Gasteiger partial charge in [0.15, 0.2) is 0 Å². The van der Waals surface area contributed by atoms with Crippen molar-refractivity contribution in [1.82, 2.24) is 0 Å². The number of benzene rings is 1. The largest absolute Gasteiger partial charge is 0.508 e. The number of fused-ring (bicyclic) bond motifs is 1. The number of rotatable bonds is 1. The first-order valence-electron chi connectivity index (χ1n) is 4.97. The van der Waals surface area contributed by atoms with E-state index in [0.717, 1.165) is 12.2 Å². The van der Waals surface area contributed by atoms with Crippen molar-refractivity contribution in [3.8, 4) is 5.75 Å². The van der Waals surface area contributed by atoms with Gasteiger partial charge in [0, 0.05) is 4.90 Å². The smallest absolute Gasteiger partial charge is 0.115 e. The molecule has 3 heteroatoms. The van der Waals surface area contributed by atoms with Crippen LogP contribution in [0.15, 0.2) is 23.1 Å². The number of hydrogen-bond acceptors (Lipinski definition) is 3. The molecule has 1 aliphatic rings. The molecule has 1 heterocycles. The van der Waals surface area contributed by atoms with E-state index in [2.05, 4.69) is 0 Å². The molecule has 0 spiro atoms. The second-order valence-electron chi connectivity index (χ2n) is 3.65. The molecule has 0 radical (unpaired) electrons. The lowest BCUT2D eigenvalue weighted by Crippen LogP contribution is -2.12. The average Bonchev–Trinajstić information content (AvgIpc) is 2.39. The average molecular weight is 209 g/mol. The third kappa shape index (κ3) is 1.88. The Bertz CT molecular complexity index is 327. The Labute approximate surface area is 88.5 Å². The Morgan fingerprint density at radius 1 is 1.50 bits per heavy atom. The van der Waals surface area contributed by atoms with E-state index in [1.807, 2.05) is 23.9 Å². The van der Waals surface area contributed by atoms with Crippen molar-refractivity contribution < 1.29 is 5.11 Å². The Morgan fingerprint density at radius 2 is 2.36 bits per heavy atom. The summed E-state index contributed by atoms with van der Waals surface area (Å²) in [5.41, 5.74) is 6.98. The van der Waals surface area contributed by atoms with Gasteiger partial charge >= 0.3 is 0 Å². The summed E-state index contributed by atoms with van der Waals surface area (Å²) >= 11 is 1.87. The molecule has 1 unspecified atom stereocenters. The fourth-order valence-electron chi connectivity index (χ4n) is 1.90. The molecule has 1 aliphatic heterocycles. The molecule has 76 valence electrons. The quantitative estimate of drug-likeness (QED) is 0.746. The standard InChI is InChI=1S/C11H15NOS/c12-7-8-2-1-5-14-11-4-3-9(13)6-10(8)11/h3-4,6,8,13H,1-2,5,7,12H2. The zero-order valence-electron chi connectivity index (χ0n) is 8.07. The molecule has 2 rings (SSSR count). The molecule has 3 N–H and O–H groups in total. The van der Waals surface area contributed by atoms with Crippen molar-refractivity contribution >= 4 is 11.8 Å². The third-order valence-corrected chi connectivity index (χ3v) is 3.85. The van der Waals surface area contributed by atoms with Crippen LogP contribution in [0.4, 0.5) is 0 Å². The highest BCUT2D eigenvalue weighted by Gasteiger charge is 2.17. The molecule has 0 amide bonds. The van der Waals surface area contributed by atoms with Gasteiger partial charge in [0.25, 0.3) is 0 Å². The molecule has 0 saturated heterocycles. The number of aromatic hydroxyl groups is 1. The van der Waals surface area contributed by atoms with Crippen molar-refractivity contribution in [3.63, 3.8) is 0 Å². The summed E-state index contributed by atoms with van der Waals surface area (Å²) in [5, 5.41) is 9.44. The lowest BCUT2D eigenvalue weighted by atomic mass is 9.94. The van der Waals surface area contributed by atoms with E-state index in [9.17, 15) is 5.11 Å². The van der Waals surface area contributed by atoms with Gasteiger partial charge < -0.3 is 10.8 Å². The SMILES string of the molecule is NCC1CCCSc2ccc(O)cc21. The number of phenols is 1. The van der Waals surface area contributed by atoms with Crippen LogP contribution in [0.1, 0.15) is 24.3 Å². The number of hydrogen-bond donors (Lipinski definition) is 2. The molecule has 1 aromatic carbocycles. The highest BCUT2D eigenvalue weighted by Crippen LogP contribution is 2.37. The first-order valence-corrected chi connectivity index (χ1v) is 5.95. The molecule has 2 nitrogen and oxygen atoms in total. The molecule has 0 bridgehead atoms. The van der Waals surface area contributed by atoms with Crippen LogP contribution < -0.4 is 5.73 Å². The van der Waals surface area contributed by atoms with E-state index in [1.54, 1.807) is 6.07 Å². The fourth-order valence-corrected chi connectivity index (χ4v) is 2.99. The second kappa shape index (κ2) is 4.24. The van der Waals surface area contributed by atoms with E-state index in [4.69, 9.17) is 5.73 Å². The van der Waals surface area contributed by atoms with Crippen molar-refractivity contribution in [2.24, 2.45) is 5.73 Å². The maximum Gasteiger partial charge on any atom is 0.115 e. The maximum atomic E-state index is 9.44. The summed E-state index contributed by atoms with van der Waals surface area (Å²) in [6.45, 7) is 0.678.